The lowest BCUT2D eigenvalue weighted by atomic mass is 10.1. The van der Waals surface area contributed by atoms with Gasteiger partial charge in [-0.15, -0.1) is 0 Å². The molecular weight excluding hydrogens is 606 g/mol. The highest BCUT2D eigenvalue weighted by Crippen LogP contribution is 2.12. The predicted molar refractivity (Wildman–Crippen MR) is 167 cm³/mol. The van der Waals surface area contributed by atoms with Crippen molar-refractivity contribution < 1.29 is 57.9 Å². The first kappa shape index (κ1) is 43.0. The van der Waals surface area contributed by atoms with Gasteiger partial charge in [-0.3, -0.25) is 24.5 Å². The molecule has 0 bridgehead atoms. The Bertz CT molecular complexity index is 831. The van der Waals surface area contributed by atoms with Gasteiger partial charge in [0.2, 0.25) is 11.8 Å². The van der Waals surface area contributed by atoms with Crippen LogP contribution < -0.4 is 16.0 Å². The fourth-order valence-corrected chi connectivity index (χ4v) is 4.20. The molecule has 0 aliphatic heterocycles. The van der Waals surface area contributed by atoms with Gasteiger partial charge in [-0.25, -0.2) is 4.79 Å². The normalized spacial score (nSPS) is 12.3. The number of carboxylic acids is 2. The van der Waals surface area contributed by atoms with E-state index < -0.39 is 30.1 Å². The standard InChI is InChI=1S/C31H55N3O12/c35-17-11-12-26(31(41)42)34-28(38)25-45-21-20-43-19-16-33-29(24-36)46-23-22-44-18-15-32-27(37)13-9-7-5-3-1-2-4-6-8-10-14-30(39)40/h17,24,26,29,33H,1-16,18-23,25H2,(H,32,37)(H,34,38)(H,39,40)(H,41,42)/t26-,29?/m0/s1. The van der Waals surface area contributed by atoms with Gasteiger partial charge in [0, 0.05) is 32.4 Å². The quantitative estimate of drug-likeness (QED) is 0.0371. The molecule has 0 aromatic heterocycles. The molecule has 0 radical (unpaired) electrons. The molecule has 5 N–H and O–H groups in total. The minimum Gasteiger partial charge on any atom is -0.481 e. The summed E-state index contributed by atoms with van der Waals surface area (Å²) in [6.45, 7) is 1.70. The van der Waals surface area contributed by atoms with E-state index in [2.05, 4.69) is 16.0 Å². The molecule has 0 saturated heterocycles. The molecule has 0 aliphatic rings. The fraction of sp³-hybridized carbons (Fsp3) is 0.806. The van der Waals surface area contributed by atoms with Crippen LogP contribution in [0.4, 0.5) is 0 Å². The summed E-state index contributed by atoms with van der Waals surface area (Å²) in [5.74, 6) is -2.55. The molecule has 1 unspecified atom stereocenters. The molecular formula is C31H55N3O12. The molecule has 0 saturated carbocycles. The number of carboxylic acid groups (broad SMARTS) is 2. The molecule has 46 heavy (non-hydrogen) atoms. The highest BCUT2D eigenvalue weighted by atomic mass is 16.5. The van der Waals surface area contributed by atoms with Crippen molar-refractivity contribution in [3.8, 4) is 0 Å². The van der Waals surface area contributed by atoms with Crippen LogP contribution in [0.15, 0.2) is 0 Å². The summed E-state index contributed by atoms with van der Waals surface area (Å²) >= 11 is 0. The van der Waals surface area contributed by atoms with Crippen molar-refractivity contribution in [2.24, 2.45) is 0 Å². The number of nitrogens with one attached hydrogen (secondary N) is 3. The van der Waals surface area contributed by atoms with Crippen molar-refractivity contribution in [2.45, 2.75) is 102 Å². The van der Waals surface area contributed by atoms with Crippen LogP contribution in [-0.2, 0) is 47.7 Å². The minimum atomic E-state index is -1.22. The molecule has 0 aromatic carbocycles. The Hall–Kier alpha value is -2.98. The van der Waals surface area contributed by atoms with E-state index in [-0.39, 0.29) is 64.8 Å². The van der Waals surface area contributed by atoms with Crippen LogP contribution in [0.2, 0.25) is 0 Å². The average Bonchev–Trinajstić information content (AvgIpc) is 3.02. The number of hydrogen-bond acceptors (Lipinski definition) is 11. The van der Waals surface area contributed by atoms with E-state index >= 15 is 0 Å². The molecule has 266 valence electrons. The summed E-state index contributed by atoms with van der Waals surface area (Å²) in [5.41, 5.74) is 0. The van der Waals surface area contributed by atoms with Gasteiger partial charge in [0.25, 0.3) is 0 Å². The topological polar surface area (TPSA) is 216 Å². The van der Waals surface area contributed by atoms with Crippen molar-refractivity contribution in [1.82, 2.24) is 16.0 Å². The van der Waals surface area contributed by atoms with Crippen molar-refractivity contribution in [2.75, 3.05) is 59.3 Å². The second-order valence-corrected chi connectivity index (χ2v) is 10.6. The molecule has 0 aliphatic carbocycles. The van der Waals surface area contributed by atoms with Gasteiger partial charge in [0.1, 0.15) is 18.9 Å². The van der Waals surface area contributed by atoms with Crippen LogP contribution in [0, 0.1) is 0 Å². The molecule has 2 atom stereocenters. The number of rotatable bonds is 35. The van der Waals surface area contributed by atoms with E-state index in [1.165, 1.54) is 12.8 Å². The zero-order valence-corrected chi connectivity index (χ0v) is 27.0. The Morgan fingerprint density at radius 1 is 0.652 bits per heavy atom. The first-order valence-corrected chi connectivity index (χ1v) is 16.3. The van der Waals surface area contributed by atoms with E-state index in [0.717, 1.165) is 51.4 Å². The Morgan fingerprint density at radius 3 is 1.80 bits per heavy atom. The smallest absolute Gasteiger partial charge is 0.326 e. The lowest BCUT2D eigenvalue weighted by Crippen LogP contribution is -2.42. The van der Waals surface area contributed by atoms with Gasteiger partial charge < -0.3 is 44.6 Å². The van der Waals surface area contributed by atoms with Gasteiger partial charge >= 0.3 is 11.9 Å². The van der Waals surface area contributed by atoms with Gasteiger partial charge in [-0.05, 0) is 19.3 Å². The maximum absolute atomic E-state index is 11.9. The summed E-state index contributed by atoms with van der Waals surface area (Å²) in [4.78, 5) is 66.8. The third-order valence-corrected chi connectivity index (χ3v) is 6.67. The number of aliphatic carboxylic acids is 2. The Morgan fingerprint density at radius 2 is 1.22 bits per heavy atom. The second kappa shape index (κ2) is 32.0. The summed E-state index contributed by atoms with van der Waals surface area (Å²) in [6, 6.07) is -1.15. The van der Waals surface area contributed by atoms with Gasteiger partial charge in [0.15, 0.2) is 12.5 Å². The first-order valence-electron chi connectivity index (χ1n) is 16.3. The summed E-state index contributed by atoms with van der Waals surface area (Å²) in [6.07, 6.45) is 11.7. The van der Waals surface area contributed by atoms with E-state index in [0.29, 0.717) is 38.7 Å². The van der Waals surface area contributed by atoms with E-state index in [1.807, 2.05) is 0 Å². The summed E-state index contributed by atoms with van der Waals surface area (Å²) < 4.78 is 21.3. The molecule has 0 rings (SSSR count). The largest absolute Gasteiger partial charge is 0.481 e. The fourth-order valence-electron chi connectivity index (χ4n) is 4.20. The van der Waals surface area contributed by atoms with Crippen LogP contribution in [0.25, 0.3) is 0 Å². The molecule has 0 heterocycles. The summed E-state index contributed by atoms with van der Waals surface area (Å²) in [5, 5.41) is 25.6. The Labute approximate surface area is 271 Å². The number of hydrogen-bond donors (Lipinski definition) is 5. The lowest BCUT2D eigenvalue weighted by Gasteiger charge is -2.14. The molecule has 15 nitrogen and oxygen atoms in total. The lowest BCUT2D eigenvalue weighted by molar-refractivity contribution is -0.143. The average molecular weight is 662 g/mol. The highest BCUT2D eigenvalue weighted by Gasteiger charge is 2.19. The number of aldehydes is 2. The van der Waals surface area contributed by atoms with Crippen molar-refractivity contribution in [3.63, 3.8) is 0 Å². The zero-order chi connectivity index (χ0) is 34.1. The maximum atomic E-state index is 11.9. The van der Waals surface area contributed by atoms with Crippen LogP contribution in [0.1, 0.15) is 89.9 Å². The Balaban J connectivity index is 3.54. The maximum Gasteiger partial charge on any atom is 0.326 e. The van der Waals surface area contributed by atoms with Crippen LogP contribution >= 0.6 is 0 Å². The number of amides is 2. The molecule has 2 amide bonds. The van der Waals surface area contributed by atoms with Gasteiger partial charge in [-0.1, -0.05) is 51.4 Å². The van der Waals surface area contributed by atoms with E-state index in [9.17, 15) is 28.8 Å². The van der Waals surface area contributed by atoms with Crippen molar-refractivity contribution >= 4 is 36.3 Å². The predicted octanol–water partition coefficient (Wildman–Crippen LogP) is 1.60. The zero-order valence-electron chi connectivity index (χ0n) is 27.0. The molecule has 0 spiro atoms. The third-order valence-electron chi connectivity index (χ3n) is 6.67. The Kier molecular flexibility index (Phi) is 29.9. The van der Waals surface area contributed by atoms with Crippen molar-refractivity contribution in [3.05, 3.63) is 0 Å². The van der Waals surface area contributed by atoms with Crippen LogP contribution in [-0.4, -0.2) is 118 Å². The number of carbonyl (C=O) groups is 6. The molecule has 0 fully saturated rings. The van der Waals surface area contributed by atoms with E-state index in [1.54, 1.807) is 0 Å². The number of unbranched alkanes of at least 4 members (excludes halogenated alkanes) is 9. The van der Waals surface area contributed by atoms with Crippen LogP contribution in [0.3, 0.4) is 0 Å². The third kappa shape index (κ3) is 29.7. The second-order valence-electron chi connectivity index (χ2n) is 10.6. The van der Waals surface area contributed by atoms with Crippen LogP contribution in [0.5, 0.6) is 0 Å². The first-order chi connectivity index (χ1) is 22.3. The monoisotopic (exact) mass is 661 g/mol. The van der Waals surface area contributed by atoms with Gasteiger partial charge in [0.05, 0.1) is 39.6 Å². The highest BCUT2D eigenvalue weighted by molar-refractivity contribution is 5.84. The minimum absolute atomic E-state index is 0.00185. The van der Waals surface area contributed by atoms with Gasteiger partial charge in [-0.2, -0.15) is 0 Å². The molecule has 0 aromatic rings. The SMILES string of the molecule is O=CCC[C@H](NC(=O)COCCOCCNC(C=O)OCCOCCNC(=O)CCCCCCCCCCCCC(=O)O)C(=O)O. The summed E-state index contributed by atoms with van der Waals surface area (Å²) in [7, 11) is 0. The molecule has 15 heteroatoms. The van der Waals surface area contributed by atoms with Crippen molar-refractivity contribution in [1.29, 1.82) is 0 Å². The van der Waals surface area contributed by atoms with E-state index in [4.69, 9.17) is 29.2 Å². The number of ether oxygens (including phenoxy) is 4. The number of carbonyl (C=O) groups excluding carboxylic acids is 4.